The molecule has 0 radical (unpaired) electrons. The number of rotatable bonds is 4. The fourth-order valence-corrected chi connectivity index (χ4v) is 11.5. The average molecular weight is 799 g/mol. The van der Waals surface area contributed by atoms with Gasteiger partial charge in [0.05, 0.1) is 5.69 Å². The second kappa shape index (κ2) is 12.9. The molecule has 0 saturated heterocycles. The Balaban J connectivity index is 1.14. The molecular weight excluding hydrogens is 760 g/mol. The first-order chi connectivity index (χ1) is 28.8. The molecule has 0 spiro atoms. The highest BCUT2D eigenvalue weighted by Gasteiger charge is 2.45. The van der Waals surface area contributed by atoms with Crippen LogP contribution in [0.2, 0.25) is 0 Å². The van der Waals surface area contributed by atoms with Crippen LogP contribution >= 0.6 is 22.7 Å². The monoisotopic (exact) mass is 798 g/mol. The molecule has 0 amide bonds. The number of hydrogen-bond donors (Lipinski definition) is 0. The van der Waals surface area contributed by atoms with E-state index in [4.69, 9.17) is 9.47 Å². The summed E-state index contributed by atoms with van der Waals surface area (Å²) < 4.78 is 14.8. The van der Waals surface area contributed by atoms with Gasteiger partial charge in [0, 0.05) is 47.6 Å². The number of benzene rings is 7. The van der Waals surface area contributed by atoms with Crippen molar-refractivity contribution in [2.75, 3.05) is 16.6 Å². The summed E-state index contributed by atoms with van der Waals surface area (Å²) in [7, 11) is 0. The maximum absolute atomic E-state index is 6.25. The second-order valence-electron chi connectivity index (χ2n) is 17.0. The van der Waals surface area contributed by atoms with Crippen molar-refractivity contribution in [1.82, 2.24) is 0 Å². The van der Waals surface area contributed by atoms with E-state index in [0.29, 0.717) is 0 Å². The molecule has 3 aliphatic heterocycles. The zero-order valence-corrected chi connectivity index (χ0v) is 34.9. The molecule has 9 aromatic rings. The van der Waals surface area contributed by atoms with Crippen LogP contribution in [0.5, 0.6) is 11.5 Å². The van der Waals surface area contributed by atoms with Crippen LogP contribution in [0.15, 0.2) is 152 Å². The van der Waals surface area contributed by atoms with Gasteiger partial charge in [-0.3, -0.25) is 0 Å². The number of ether oxygens (including phenoxy) is 2. The van der Waals surface area contributed by atoms with Crippen molar-refractivity contribution >= 4 is 100 Å². The van der Waals surface area contributed by atoms with Crippen molar-refractivity contribution in [2.24, 2.45) is 0 Å². The predicted molar refractivity (Wildman–Crippen MR) is 252 cm³/mol. The molecule has 0 bridgehead atoms. The molecule has 0 aliphatic carbocycles. The van der Waals surface area contributed by atoms with Crippen molar-refractivity contribution in [3.63, 3.8) is 0 Å². The van der Waals surface area contributed by atoms with E-state index >= 15 is 0 Å². The van der Waals surface area contributed by atoms with E-state index in [9.17, 15) is 0 Å². The van der Waals surface area contributed by atoms with E-state index in [1.807, 2.05) is 28.7 Å². The van der Waals surface area contributed by atoms with E-state index in [1.165, 1.54) is 79.9 Å². The third-order valence-corrected chi connectivity index (χ3v) is 14.6. The van der Waals surface area contributed by atoms with Crippen molar-refractivity contribution in [3.8, 4) is 32.4 Å². The van der Waals surface area contributed by atoms with Crippen LogP contribution in [-0.2, 0) is 5.41 Å². The molecule has 0 fully saturated rings. The molecule has 0 saturated carbocycles. The zero-order valence-electron chi connectivity index (χ0n) is 33.2. The molecule has 12 rings (SSSR count). The molecule has 0 atom stereocenters. The first kappa shape index (κ1) is 34.7. The lowest BCUT2D eigenvalue weighted by Gasteiger charge is -2.45. The molecule has 5 heterocycles. The Labute approximate surface area is 352 Å². The molecular formula is C52H39BN2O2S2. The molecule has 4 nitrogen and oxygen atoms in total. The normalized spacial score (nSPS) is 13.9. The molecule has 7 aromatic carbocycles. The minimum absolute atomic E-state index is 0.00318. The van der Waals surface area contributed by atoms with Crippen LogP contribution in [0.3, 0.4) is 0 Å². The average Bonchev–Trinajstić information content (AvgIpc) is 4.02. The summed E-state index contributed by atoms with van der Waals surface area (Å²) in [5, 5.41) is 2.56. The molecule has 7 heteroatoms. The highest BCUT2D eigenvalue weighted by molar-refractivity contribution is 7.22. The van der Waals surface area contributed by atoms with Gasteiger partial charge in [0.1, 0.15) is 0 Å². The Morgan fingerprint density at radius 1 is 0.542 bits per heavy atom. The van der Waals surface area contributed by atoms with Gasteiger partial charge in [-0.2, -0.15) is 0 Å². The van der Waals surface area contributed by atoms with Gasteiger partial charge in [0.2, 0.25) is 6.79 Å². The van der Waals surface area contributed by atoms with Crippen LogP contribution < -0.4 is 35.7 Å². The Morgan fingerprint density at radius 3 is 1.97 bits per heavy atom. The fourth-order valence-electron chi connectivity index (χ4n) is 9.43. The summed E-state index contributed by atoms with van der Waals surface area (Å²) in [5.74, 6) is 1.56. The zero-order chi connectivity index (χ0) is 39.6. The van der Waals surface area contributed by atoms with Gasteiger partial charge >= 0.3 is 0 Å². The number of anilines is 6. The van der Waals surface area contributed by atoms with Crippen LogP contribution in [0, 0.1) is 6.92 Å². The topological polar surface area (TPSA) is 24.9 Å². The van der Waals surface area contributed by atoms with Gasteiger partial charge < -0.3 is 19.3 Å². The summed E-state index contributed by atoms with van der Waals surface area (Å²) in [6.45, 7) is 9.37. The summed E-state index contributed by atoms with van der Waals surface area (Å²) >= 11 is 3.72. The molecule has 284 valence electrons. The Kier molecular flexibility index (Phi) is 7.57. The Bertz CT molecular complexity index is 3130. The highest BCUT2D eigenvalue weighted by Crippen LogP contribution is 2.51. The first-order valence-electron chi connectivity index (χ1n) is 20.3. The molecule has 59 heavy (non-hydrogen) atoms. The largest absolute Gasteiger partial charge is 0.454 e. The fraction of sp³-hybridized carbons (Fsp3) is 0.115. The lowest BCUT2D eigenvalue weighted by molar-refractivity contribution is 0.174. The Hall–Kier alpha value is -6.28. The smallest absolute Gasteiger partial charge is 0.252 e. The molecule has 0 unspecified atom stereocenters. The number of nitrogens with zero attached hydrogens (tertiary/aromatic N) is 2. The predicted octanol–water partition coefficient (Wildman–Crippen LogP) is 12.9. The number of aryl methyl sites for hydroxylation is 1. The van der Waals surface area contributed by atoms with E-state index in [1.54, 1.807) is 0 Å². The summed E-state index contributed by atoms with van der Waals surface area (Å²) in [6.07, 6.45) is 0. The second-order valence-corrected chi connectivity index (χ2v) is 19.1. The maximum atomic E-state index is 6.25. The van der Waals surface area contributed by atoms with Gasteiger partial charge in [0.15, 0.2) is 11.5 Å². The first-order valence-corrected chi connectivity index (χ1v) is 21.9. The van der Waals surface area contributed by atoms with Crippen molar-refractivity contribution in [1.29, 1.82) is 0 Å². The van der Waals surface area contributed by atoms with Crippen LogP contribution in [0.4, 0.5) is 34.1 Å². The van der Waals surface area contributed by atoms with Gasteiger partial charge in [0.25, 0.3) is 6.71 Å². The summed E-state index contributed by atoms with van der Waals surface area (Å²) in [6, 6.07) is 56.6. The van der Waals surface area contributed by atoms with Crippen LogP contribution in [-0.4, -0.2) is 13.5 Å². The van der Waals surface area contributed by atoms with Crippen molar-refractivity contribution < 1.29 is 9.47 Å². The number of thiophene rings is 2. The molecule has 2 aromatic heterocycles. The van der Waals surface area contributed by atoms with E-state index in [-0.39, 0.29) is 18.9 Å². The SMILES string of the molecule is Cc1cc2c3c(c1)N(c1cccc4c1OCO4)c1ccc(C(C)(C)C)cc1B3c1ccc(-c3cc4ccccc4s3)cc1N2c1cccc(-c2cc3ccccc3s2)c1. The summed E-state index contributed by atoms with van der Waals surface area (Å²) in [5.41, 5.74) is 15.6. The van der Waals surface area contributed by atoms with E-state index in [2.05, 4.69) is 183 Å². The third-order valence-electron chi connectivity index (χ3n) is 12.2. The van der Waals surface area contributed by atoms with Crippen molar-refractivity contribution in [3.05, 3.63) is 163 Å². The quantitative estimate of drug-likeness (QED) is 0.166. The highest BCUT2D eigenvalue weighted by atomic mass is 32.1. The van der Waals surface area contributed by atoms with Crippen LogP contribution in [0.25, 0.3) is 41.1 Å². The van der Waals surface area contributed by atoms with Crippen LogP contribution in [0.1, 0.15) is 31.9 Å². The maximum Gasteiger partial charge on any atom is 0.252 e. The minimum atomic E-state index is -0.0389. The number of fused-ring (bicyclic) bond motifs is 7. The minimum Gasteiger partial charge on any atom is -0.454 e. The standard InChI is InChI=1S/C52H39BN2O2S2/c1-31-23-43-50-44(24-31)55(41-15-10-16-45-51(41)57-30-56-45)40-22-20-36(52(2,3)4)29-39(40)53(50)38-21-19-35(49-28-34-12-6-8-18-47(34)59-49)26-42(38)54(43)37-14-9-13-32(25-37)48-27-33-11-5-7-17-46(33)58-48/h5-29H,30H2,1-4H3. The summed E-state index contributed by atoms with van der Waals surface area (Å²) in [4.78, 5) is 7.51. The van der Waals surface area contributed by atoms with Gasteiger partial charge in [-0.1, -0.05) is 99.6 Å². The van der Waals surface area contributed by atoms with Gasteiger partial charge in [-0.25, -0.2) is 0 Å². The van der Waals surface area contributed by atoms with E-state index < -0.39 is 0 Å². The number of para-hydroxylation sites is 1. The third kappa shape index (κ3) is 5.41. The molecule has 3 aliphatic rings. The lowest BCUT2D eigenvalue weighted by Crippen LogP contribution is -2.61. The lowest BCUT2D eigenvalue weighted by atomic mass is 9.33. The number of hydrogen-bond acceptors (Lipinski definition) is 6. The van der Waals surface area contributed by atoms with Gasteiger partial charge in [-0.15, -0.1) is 22.7 Å². The van der Waals surface area contributed by atoms with Crippen molar-refractivity contribution in [2.45, 2.75) is 33.1 Å². The van der Waals surface area contributed by atoms with Gasteiger partial charge in [-0.05, 0) is 135 Å². The van der Waals surface area contributed by atoms with E-state index in [0.717, 1.165) is 34.2 Å². The Morgan fingerprint density at radius 2 is 1.24 bits per heavy atom. The molecule has 0 N–H and O–H groups in total.